The average Bonchev–Trinajstić information content (AvgIpc) is 3.66. The van der Waals surface area contributed by atoms with E-state index in [1.54, 1.807) is 4.90 Å². The number of aromatic nitrogens is 1. The molecule has 0 saturated carbocycles. The number of amides is 3. The first-order valence-corrected chi connectivity index (χ1v) is 16.8. The van der Waals surface area contributed by atoms with E-state index in [2.05, 4.69) is 43.3 Å². The number of piperazine rings is 1. The van der Waals surface area contributed by atoms with Gasteiger partial charge in [-0.05, 0) is 83.8 Å². The van der Waals surface area contributed by atoms with Gasteiger partial charge in [-0.15, -0.1) is 0 Å². The van der Waals surface area contributed by atoms with Gasteiger partial charge >= 0.3 is 0 Å². The topological polar surface area (TPSA) is 118 Å². The minimum Gasteiger partial charge on any atom is -0.349 e. The molecule has 7 rings (SSSR count). The molecule has 10 nitrogen and oxygen atoms in total. The molecule has 2 aromatic rings. The number of aliphatic hydroxyl groups is 1. The number of nitrogens with one attached hydrogen (secondary N) is 2. The molecule has 3 amide bonds. The van der Waals surface area contributed by atoms with Crippen LogP contribution < -0.4 is 5.32 Å². The number of nitrogens with zero attached hydrogens (tertiary/aromatic N) is 3. The first-order valence-electron chi connectivity index (χ1n) is 16.0. The van der Waals surface area contributed by atoms with Gasteiger partial charge in [0.2, 0.25) is 17.5 Å². The molecule has 0 spiro atoms. The summed E-state index contributed by atoms with van der Waals surface area (Å²) in [5, 5.41) is 16.5. The number of H-pyrrole nitrogens is 1. The molecule has 11 heteroatoms. The third-order valence-electron chi connectivity index (χ3n) is 10.7. The number of carbonyl (C=O) groups is 3. The van der Waals surface area contributed by atoms with Crippen LogP contribution >= 0.6 is 15.9 Å². The molecule has 7 atom stereocenters. The van der Waals surface area contributed by atoms with E-state index in [1.165, 1.54) is 15.8 Å². The number of fused-ring (bicyclic) bond motifs is 5. The quantitative estimate of drug-likeness (QED) is 0.434. The number of hydrogen-bond donors (Lipinski definition) is 3. The van der Waals surface area contributed by atoms with Crippen molar-refractivity contribution in [2.75, 3.05) is 20.1 Å². The Kier molecular flexibility index (Phi) is 7.08. The summed E-state index contributed by atoms with van der Waals surface area (Å²) < 4.78 is 7.52. The lowest BCUT2D eigenvalue weighted by Gasteiger charge is -2.49. The van der Waals surface area contributed by atoms with Crippen LogP contribution in [0.5, 0.6) is 0 Å². The fraction of sp³-hybridized carbons (Fsp3) is 0.606. The zero-order valence-corrected chi connectivity index (χ0v) is 27.6. The van der Waals surface area contributed by atoms with Gasteiger partial charge in [-0.1, -0.05) is 45.9 Å². The standard InChI is InChI=1S/C33H42BrN5O5/c1-6-18(4)32(31(42)39-25(13-17(2)3)30(41)38-12-8-11-26(38)33(39,43)44-32)36-29(40)19-14-21-20-9-7-10-23-27(20)22(28(34)35-23)15-24(21)37(5)16-19/h7,9-10,14,17-19,24-26,35,43H,6,8,11-13,15-16H2,1-5H3,(H,36,40). The summed E-state index contributed by atoms with van der Waals surface area (Å²) in [7, 11) is 2.03. The van der Waals surface area contributed by atoms with Crippen molar-refractivity contribution >= 4 is 50.1 Å². The highest BCUT2D eigenvalue weighted by atomic mass is 79.9. The second-order valence-electron chi connectivity index (χ2n) is 13.8. The van der Waals surface area contributed by atoms with E-state index in [-0.39, 0.29) is 23.8 Å². The molecule has 3 fully saturated rings. The average molecular weight is 669 g/mol. The Morgan fingerprint density at radius 1 is 1.27 bits per heavy atom. The summed E-state index contributed by atoms with van der Waals surface area (Å²) in [4.78, 5) is 51.2. The number of halogens is 1. The molecule has 0 bridgehead atoms. The van der Waals surface area contributed by atoms with Crippen LogP contribution in [0.15, 0.2) is 28.9 Å². The van der Waals surface area contributed by atoms with E-state index < -0.39 is 41.5 Å². The van der Waals surface area contributed by atoms with Crippen LogP contribution in [0.25, 0.3) is 16.5 Å². The first-order chi connectivity index (χ1) is 20.9. The molecule has 1 aromatic carbocycles. The van der Waals surface area contributed by atoms with E-state index in [0.29, 0.717) is 32.4 Å². The van der Waals surface area contributed by atoms with Crippen LogP contribution in [0, 0.1) is 17.8 Å². The third kappa shape index (κ3) is 4.11. The molecule has 5 aliphatic rings. The molecule has 0 radical (unpaired) electrons. The zero-order valence-electron chi connectivity index (χ0n) is 26.0. The Balaban J connectivity index is 1.26. The van der Waals surface area contributed by atoms with Gasteiger partial charge in [0, 0.05) is 36.0 Å². The molecule has 3 saturated heterocycles. The lowest BCUT2D eigenvalue weighted by atomic mass is 9.79. The summed E-state index contributed by atoms with van der Waals surface area (Å²) in [5.41, 5.74) is 2.70. The Morgan fingerprint density at radius 3 is 2.77 bits per heavy atom. The summed E-state index contributed by atoms with van der Waals surface area (Å²) in [6, 6.07) is 4.78. The maximum atomic E-state index is 14.6. The molecule has 236 valence electrons. The van der Waals surface area contributed by atoms with Crippen LogP contribution in [0.3, 0.4) is 0 Å². The summed E-state index contributed by atoms with van der Waals surface area (Å²) >= 11 is 3.71. The van der Waals surface area contributed by atoms with E-state index in [9.17, 15) is 19.5 Å². The SMILES string of the molecule is CCC(C)C1(NC(=O)C2C=C3c4cccc5[nH]c(Br)c(c45)CC3N(C)C2)OC2(O)C3CCCN3C(=O)C(CC(C)C)N2C1=O. The smallest absolute Gasteiger partial charge is 0.281 e. The normalized spacial score (nSPS) is 33.9. The maximum Gasteiger partial charge on any atom is 0.281 e. The van der Waals surface area contributed by atoms with Crippen molar-refractivity contribution in [1.29, 1.82) is 0 Å². The monoisotopic (exact) mass is 667 g/mol. The third-order valence-corrected chi connectivity index (χ3v) is 11.4. The summed E-state index contributed by atoms with van der Waals surface area (Å²) in [6.45, 7) is 8.77. The van der Waals surface area contributed by atoms with Gasteiger partial charge in [0.25, 0.3) is 11.8 Å². The Hall–Kier alpha value is -2.73. The molecule has 3 N–H and O–H groups in total. The second-order valence-corrected chi connectivity index (χ2v) is 14.6. The molecule has 1 aliphatic carbocycles. The van der Waals surface area contributed by atoms with Gasteiger partial charge in [0.15, 0.2) is 0 Å². The van der Waals surface area contributed by atoms with Crippen molar-refractivity contribution in [2.24, 2.45) is 17.8 Å². The van der Waals surface area contributed by atoms with Crippen LogP contribution in [0.4, 0.5) is 0 Å². The Labute approximate surface area is 266 Å². The molecule has 5 heterocycles. The Bertz CT molecular complexity index is 1590. The van der Waals surface area contributed by atoms with Crippen LogP contribution in [0.1, 0.15) is 64.5 Å². The number of ether oxygens (including phenoxy) is 1. The van der Waals surface area contributed by atoms with Gasteiger partial charge in [-0.3, -0.25) is 28.9 Å². The number of hydrogen-bond acceptors (Lipinski definition) is 6. The molecule has 44 heavy (non-hydrogen) atoms. The van der Waals surface area contributed by atoms with E-state index in [1.807, 2.05) is 46.9 Å². The zero-order chi connectivity index (χ0) is 31.3. The number of benzene rings is 1. The van der Waals surface area contributed by atoms with Crippen molar-refractivity contribution in [3.63, 3.8) is 0 Å². The molecule has 4 aliphatic heterocycles. The predicted molar refractivity (Wildman–Crippen MR) is 169 cm³/mol. The number of aromatic amines is 1. The molecular weight excluding hydrogens is 626 g/mol. The van der Waals surface area contributed by atoms with E-state index in [4.69, 9.17) is 4.74 Å². The van der Waals surface area contributed by atoms with Crippen LogP contribution in [-0.2, 0) is 25.5 Å². The van der Waals surface area contributed by atoms with Gasteiger partial charge in [-0.25, -0.2) is 0 Å². The minimum absolute atomic E-state index is 0.104. The predicted octanol–water partition coefficient (Wildman–Crippen LogP) is 3.58. The summed E-state index contributed by atoms with van der Waals surface area (Å²) in [6.07, 6.45) is 5.03. The van der Waals surface area contributed by atoms with Crippen molar-refractivity contribution in [3.8, 4) is 0 Å². The van der Waals surface area contributed by atoms with Crippen molar-refractivity contribution in [3.05, 3.63) is 40.0 Å². The van der Waals surface area contributed by atoms with Gasteiger partial charge in [0.1, 0.15) is 12.1 Å². The molecule has 1 aromatic heterocycles. The number of likely N-dealkylation sites (N-methyl/N-ethyl adjacent to an activating group) is 1. The minimum atomic E-state index is -2.01. The lowest BCUT2D eigenvalue weighted by molar-refractivity contribution is -0.323. The van der Waals surface area contributed by atoms with Crippen molar-refractivity contribution in [2.45, 2.75) is 89.6 Å². The van der Waals surface area contributed by atoms with E-state index in [0.717, 1.165) is 34.1 Å². The van der Waals surface area contributed by atoms with Crippen molar-refractivity contribution < 1.29 is 24.2 Å². The number of carbonyl (C=O) groups excluding carboxylic acids is 3. The lowest BCUT2D eigenvalue weighted by Crippen LogP contribution is -2.71. The molecule has 7 unspecified atom stereocenters. The fourth-order valence-corrected chi connectivity index (χ4v) is 8.93. The van der Waals surface area contributed by atoms with Gasteiger partial charge in [0.05, 0.1) is 10.5 Å². The summed E-state index contributed by atoms with van der Waals surface area (Å²) in [5.74, 6) is -3.93. The largest absolute Gasteiger partial charge is 0.349 e. The first kappa shape index (κ1) is 30.0. The second kappa shape index (κ2) is 10.4. The fourth-order valence-electron chi connectivity index (χ4n) is 8.36. The van der Waals surface area contributed by atoms with E-state index >= 15 is 0 Å². The highest BCUT2D eigenvalue weighted by Gasteiger charge is 2.72. The number of rotatable bonds is 6. The highest BCUT2D eigenvalue weighted by molar-refractivity contribution is 9.10. The Morgan fingerprint density at radius 2 is 2.05 bits per heavy atom. The van der Waals surface area contributed by atoms with Crippen LogP contribution in [-0.4, -0.2) is 92.4 Å². The maximum absolute atomic E-state index is 14.6. The van der Waals surface area contributed by atoms with Gasteiger partial charge in [-0.2, -0.15) is 0 Å². The molecular formula is C33H42BrN5O5. The highest BCUT2D eigenvalue weighted by Crippen LogP contribution is 2.49. The van der Waals surface area contributed by atoms with Gasteiger partial charge < -0.3 is 20.3 Å². The van der Waals surface area contributed by atoms with Crippen LogP contribution in [0.2, 0.25) is 0 Å². The van der Waals surface area contributed by atoms with Crippen molar-refractivity contribution in [1.82, 2.24) is 25.0 Å².